The van der Waals surface area contributed by atoms with E-state index in [9.17, 15) is 26.4 Å². The zero-order valence-corrected chi connectivity index (χ0v) is 31.4. The van der Waals surface area contributed by atoms with Crippen molar-refractivity contribution < 1.29 is 26.4 Å². The maximum Gasteiger partial charge on any atom is 0.247 e. The lowest BCUT2D eigenvalue weighted by Gasteiger charge is -2.31. The SMILES string of the molecule is NS(=O)(=O)c1ccc(-c2cn(C3CCN(C(=O)C=Cc4ccccc4)CC3)nn2)cc1.NS(=O)(=O)c1ccc(-c2cn(CC(=O)Nc3nccs3)nn2)cc1. The van der Waals surface area contributed by atoms with E-state index in [0.717, 1.165) is 24.0 Å². The van der Waals surface area contributed by atoms with Crippen LogP contribution < -0.4 is 15.6 Å². The fourth-order valence-corrected chi connectivity index (χ4v) is 7.08. The van der Waals surface area contributed by atoms with Crippen LogP contribution >= 0.6 is 11.3 Å². The first-order chi connectivity index (χ1) is 26.3. The van der Waals surface area contributed by atoms with Crippen molar-refractivity contribution in [2.24, 2.45) is 10.3 Å². The highest BCUT2D eigenvalue weighted by Gasteiger charge is 2.24. The van der Waals surface area contributed by atoms with Gasteiger partial charge in [0.2, 0.25) is 31.9 Å². The number of benzene rings is 3. The Kier molecular flexibility index (Phi) is 12.0. The van der Waals surface area contributed by atoms with Crippen molar-refractivity contribution in [2.75, 3.05) is 18.4 Å². The predicted octanol–water partition coefficient (Wildman–Crippen LogP) is 3.16. The Hall–Kier alpha value is -5.93. The minimum absolute atomic E-state index is 0.0107. The molecule has 0 spiro atoms. The second-order valence-electron chi connectivity index (χ2n) is 12.2. The smallest absolute Gasteiger partial charge is 0.247 e. The third kappa shape index (κ3) is 10.6. The molecule has 1 saturated heterocycles. The molecule has 284 valence electrons. The topological polar surface area (TPSA) is 244 Å². The number of thiazole rings is 1. The number of piperidine rings is 1. The van der Waals surface area contributed by atoms with E-state index in [0.29, 0.717) is 35.2 Å². The fourth-order valence-electron chi connectivity index (χ4n) is 5.51. The quantitative estimate of drug-likeness (QED) is 0.170. The Morgan fingerprint density at radius 3 is 1.95 bits per heavy atom. The van der Waals surface area contributed by atoms with Gasteiger partial charge in [-0.15, -0.1) is 21.5 Å². The van der Waals surface area contributed by atoms with Crippen molar-refractivity contribution >= 4 is 54.4 Å². The zero-order valence-electron chi connectivity index (χ0n) is 29.0. The van der Waals surface area contributed by atoms with Crippen molar-refractivity contribution in [2.45, 2.75) is 35.2 Å². The van der Waals surface area contributed by atoms with Crippen molar-refractivity contribution in [1.82, 2.24) is 39.9 Å². The van der Waals surface area contributed by atoms with Gasteiger partial charge in [-0.3, -0.25) is 9.59 Å². The number of carbonyl (C=O) groups is 2. The molecule has 0 unspecified atom stereocenters. The molecule has 0 aliphatic carbocycles. The summed E-state index contributed by atoms with van der Waals surface area (Å²) in [5, 5.41) is 31.4. The number of carbonyl (C=O) groups excluding carboxylic acids is 2. The highest BCUT2D eigenvalue weighted by molar-refractivity contribution is 7.89. The van der Waals surface area contributed by atoms with Crippen molar-refractivity contribution in [3.8, 4) is 22.5 Å². The van der Waals surface area contributed by atoms with Gasteiger partial charge in [0.1, 0.15) is 17.9 Å². The third-order valence-electron chi connectivity index (χ3n) is 8.36. The molecule has 2 amide bonds. The first-order valence-electron chi connectivity index (χ1n) is 16.6. The van der Waals surface area contributed by atoms with Gasteiger partial charge < -0.3 is 10.2 Å². The predicted molar refractivity (Wildman–Crippen MR) is 205 cm³/mol. The van der Waals surface area contributed by atoms with Crippen molar-refractivity contribution in [1.29, 1.82) is 0 Å². The summed E-state index contributed by atoms with van der Waals surface area (Å²) in [5.74, 6) is -0.262. The number of nitrogens with zero attached hydrogens (tertiary/aromatic N) is 8. The van der Waals surface area contributed by atoms with Gasteiger partial charge in [0, 0.05) is 41.9 Å². The highest BCUT2D eigenvalue weighted by Crippen LogP contribution is 2.25. The molecule has 7 rings (SSSR count). The largest absolute Gasteiger partial charge is 0.339 e. The van der Waals surface area contributed by atoms with Crippen molar-refractivity contribution in [3.05, 3.63) is 114 Å². The summed E-state index contributed by atoms with van der Waals surface area (Å²) in [7, 11) is -7.46. The van der Waals surface area contributed by atoms with Crippen LogP contribution in [0.15, 0.2) is 119 Å². The summed E-state index contributed by atoms with van der Waals surface area (Å²) in [6.07, 6.45) is 10.1. The van der Waals surface area contributed by atoms with Crippen LogP contribution in [0.5, 0.6) is 0 Å². The second-order valence-corrected chi connectivity index (χ2v) is 16.2. The van der Waals surface area contributed by atoms with E-state index in [4.69, 9.17) is 10.3 Å². The molecule has 0 bridgehead atoms. The lowest BCUT2D eigenvalue weighted by atomic mass is 10.0. The number of nitrogens with one attached hydrogen (secondary N) is 1. The first kappa shape index (κ1) is 38.8. The summed E-state index contributed by atoms with van der Waals surface area (Å²) in [6.45, 7) is 1.30. The number of rotatable bonds is 10. The van der Waals surface area contributed by atoms with Crippen LogP contribution in [0, 0.1) is 0 Å². The number of likely N-dealkylation sites (tertiary alicyclic amines) is 1. The van der Waals surface area contributed by atoms with Crippen LogP contribution in [-0.2, 0) is 36.2 Å². The van der Waals surface area contributed by atoms with Gasteiger partial charge in [0.25, 0.3) is 0 Å². The summed E-state index contributed by atoms with van der Waals surface area (Å²) in [5.41, 5.74) is 3.59. The standard InChI is InChI=1S/C22H23N5O3S.C13H12N6O3S2/c23-31(29,30)20-9-7-18(8-10-20)21-16-27(25-24-21)19-12-14-26(15-13-19)22(28)11-6-17-4-2-1-3-5-17;14-24(21,22)10-3-1-9(2-4-10)11-7-19(18-17-11)8-12(20)16-13-15-5-6-23-13/h1-11,16,19H,12-15H2,(H2,23,29,30);1-7H,8H2,(H2,14,21,22)(H,15,16,20). The molecule has 4 heterocycles. The van der Waals surface area contributed by atoms with Gasteiger partial charge >= 0.3 is 0 Å². The molecule has 55 heavy (non-hydrogen) atoms. The Labute approximate surface area is 320 Å². The Morgan fingerprint density at radius 1 is 0.800 bits per heavy atom. The number of anilines is 1. The van der Waals surface area contributed by atoms with E-state index >= 15 is 0 Å². The van der Waals surface area contributed by atoms with Gasteiger partial charge in [-0.1, -0.05) is 65.0 Å². The van der Waals surface area contributed by atoms with Crippen LogP contribution in [-0.4, -0.2) is 81.6 Å². The number of primary sulfonamides is 2. The minimum Gasteiger partial charge on any atom is -0.339 e. The lowest BCUT2D eigenvalue weighted by Crippen LogP contribution is -2.38. The van der Waals surface area contributed by atoms with Gasteiger partial charge in [0.15, 0.2) is 5.13 Å². The maximum atomic E-state index is 12.5. The van der Waals surface area contributed by atoms with Crippen LogP contribution in [0.3, 0.4) is 0 Å². The fraction of sp³-hybridized carbons (Fsp3) is 0.171. The molecule has 0 atom stereocenters. The molecule has 3 aromatic heterocycles. The second kappa shape index (κ2) is 17.0. The number of nitrogens with two attached hydrogens (primary N) is 2. The first-order valence-corrected chi connectivity index (χ1v) is 20.6. The number of hydrogen-bond donors (Lipinski definition) is 3. The summed E-state index contributed by atoms with van der Waals surface area (Å²) in [4.78, 5) is 30.2. The van der Waals surface area contributed by atoms with Gasteiger partial charge in [-0.05, 0) is 48.7 Å². The summed E-state index contributed by atoms with van der Waals surface area (Å²) >= 11 is 1.32. The van der Waals surface area contributed by atoms with Gasteiger partial charge in [-0.25, -0.2) is 41.5 Å². The summed E-state index contributed by atoms with van der Waals surface area (Å²) < 4.78 is 48.5. The van der Waals surface area contributed by atoms with Crippen LogP contribution in [0.2, 0.25) is 0 Å². The van der Waals surface area contributed by atoms with E-state index in [1.807, 2.05) is 52.2 Å². The maximum absolute atomic E-state index is 12.5. The monoisotopic (exact) mass is 801 g/mol. The Balaban J connectivity index is 0.000000193. The van der Waals surface area contributed by atoms with Crippen LogP contribution in [0.4, 0.5) is 5.13 Å². The molecule has 6 aromatic rings. The molecule has 5 N–H and O–H groups in total. The highest BCUT2D eigenvalue weighted by atomic mass is 32.2. The molecule has 0 saturated carbocycles. The van der Waals surface area contributed by atoms with E-state index < -0.39 is 20.0 Å². The van der Waals surface area contributed by atoms with Crippen LogP contribution in [0.25, 0.3) is 28.6 Å². The molecular weight excluding hydrogens is 767 g/mol. The van der Waals surface area contributed by atoms with Gasteiger partial charge in [-0.2, -0.15) is 0 Å². The summed E-state index contributed by atoms with van der Waals surface area (Å²) in [6, 6.07) is 22.1. The molecule has 20 heteroatoms. The zero-order chi connectivity index (χ0) is 39.0. The average molecular weight is 802 g/mol. The molecule has 1 aliphatic rings. The molecule has 17 nitrogen and oxygen atoms in total. The third-order valence-corrected chi connectivity index (χ3v) is 10.9. The van der Waals surface area contributed by atoms with E-state index in [2.05, 4.69) is 30.9 Å². The Bertz CT molecular complexity index is 2480. The number of amides is 2. The number of sulfonamides is 2. The van der Waals surface area contributed by atoms with E-state index in [1.165, 1.54) is 40.3 Å². The average Bonchev–Trinajstić information content (AvgIpc) is 3.98. The molecule has 3 aromatic carbocycles. The molecular formula is C35H35N11O6S3. The lowest BCUT2D eigenvalue weighted by molar-refractivity contribution is -0.127. The molecule has 0 radical (unpaired) electrons. The van der Waals surface area contributed by atoms with Crippen LogP contribution in [0.1, 0.15) is 24.4 Å². The number of hydrogen-bond acceptors (Lipinski definition) is 12. The minimum atomic E-state index is -3.74. The Morgan fingerprint density at radius 2 is 1.38 bits per heavy atom. The number of aromatic nitrogens is 7. The molecule has 1 aliphatic heterocycles. The van der Waals surface area contributed by atoms with Crippen molar-refractivity contribution in [3.63, 3.8) is 0 Å². The van der Waals surface area contributed by atoms with E-state index in [-0.39, 0.29) is 34.2 Å². The molecule has 1 fully saturated rings. The normalized spacial score (nSPS) is 13.7. The van der Waals surface area contributed by atoms with E-state index in [1.54, 1.807) is 48.1 Å². The van der Waals surface area contributed by atoms with Gasteiger partial charge in [0.05, 0.1) is 28.2 Å².